The molecule has 3 rings (SSSR count). The molecule has 5 atom stereocenters. The van der Waals surface area contributed by atoms with Gasteiger partial charge < -0.3 is 29.4 Å². The second kappa shape index (κ2) is 9.66. The number of amides is 1. The van der Waals surface area contributed by atoms with Crippen molar-refractivity contribution < 1.29 is 61.1 Å². The van der Waals surface area contributed by atoms with Crippen LogP contribution in [-0.2, 0) is 36.4 Å². The Kier molecular flexibility index (Phi) is 7.60. The van der Waals surface area contributed by atoms with Crippen molar-refractivity contribution in [1.29, 1.82) is 0 Å². The van der Waals surface area contributed by atoms with Crippen molar-refractivity contribution in [3.63, 3.8) is 0 Å². The third-order valence-electron chi connectivity index (χ3n) is 4.01. The highest BCUT2D eigenvalue weighted by molar-refractivity contribution is 7.66. The van der Waals surface area contributed by atoms with E-state index in [0.717, 1.165) is 6.33 Å². The van der Waals surface area contributed by atoms with Crippen molar-refractivity contribution in [2.24, 2.45) is 0 Å². The predicted octanol–water partition coefficient (Wildman–Crippen LogP) is -0.930. The lowest BCUT2D eigenvalue weighted by Crippen LogP contribution is -2.21. The summed E-state index contributed by atoms with van der Waals surface area (Å²) in [5, 5.41) is 12.6. The van der Waals surface area contributed by atoms with Crippen LogP contribution in [0.5, 0.6) is 0 Å². The van der Waals surface area contributed by atoms with Crippen LogP contribution in [0.25, 0.3) is 11.2 Å². The van der Waals surface area contributed by atoms with Gasteiger partial charge in [-0.25, -0.2) is 18.7 Å². The van der Waals surface area contributed by atoms with E-state index in [1.807, 2.05) is 0 Å². The Morgan fingerprint density at radius 3 is 2.56 bits per heavy atom. The molecule has 2 unspecified atom stereocenters. The van der Waals surface area contributed by atoms with E-state index in [9.17, 15) is 33.3 Å². The van der Waals surface area contributed by atoms with E-state index in [-0.39, 0.29) is 23.5 Å². The number of aliphatic hydroxyl groups is 1. The van der Waals surface area contributed by atoms with E-state index in [2.05, 4.69) is 33.4 Å². The predicted molar refractivity (Wildman–Crippen MR) is 107 cm³/mol. The van der Waals surface area contributed by atoms with Crippen molar-refractivity contribution in [3.8, 4) is 0 Å². The molecule has 1 aliphatic heterocycles. The van der Waals surface area contributed by atoms with Crippen LogP contribution >= 0.6 is 23.5 Å². The van der Waals surface area contributed by atoms with Crippen LogP contribution in [0.3, 0.4) is 0 Å². The van der Waals surface area contributed by atoms with Gasteiger partial charge in [0.15, 0.2) is 17.4 Å². The maximum absolute atomic E-state index is 12.1. The van der Waals surface area contributed by atoms with Crippen LogP contribution in [0.1, 0.15) is 19.6 Å². The van der Waals surface area contributed by atoms with E-state index in [4.69, 9.17) is 19.4 Å². The van der Waals surface area contributed by atoms with Gasteiger partial charge in [0.2, 0.25) is 11.9 Å². The number of phosphoric acid groups is 3. The third kappa shape index (κ3) is 6.85. The number of imidazole rings is 1. The first-order valence-electron chi connectivity index (χ1n) is 8.91. The number of aliphatic hydroxyl groups excluding tert-OH is 1. The number of aromatic amines is 1. The summed E-state index contributed by atoms with van der Waals surface area (Å²) in [5.74, 6) is -0.708. The normalized spacial score (nSPS) is 24.6. The van der Waals surface area contributed by atoms with Crippen molar-refractivity contribution in [2.45, 2.75) is 31.8 Å². The maximum atomic E-state index is 12.1. The van der Waals surface area contributed by atoms with Crippen LogP contribution in [0, 0.1) is 0 Å². The molecule has 1 fully saturated rings. The van der Waals surface area contributed by atoms with Gasteiger partial charge in [-0.05, 0) is 0 Å². The molecule has 0 saturated carbocycles. The molecule has 190 valence electrons. The van der Waals surface area contributed by atoms with Gasteiger partial charge >= 0.3 is 23.5 Å². The summed E-state index contributed by atoms with van der Waals surface area (Å²) in [7, 11) is -16.6. The monoisotopic (exact) mass is 549 g/mol. The van der Waals surface area contributed by atoms with Crippen molar-refractivity contribution in [3.05, 3.63) is 16.7 Å². The van der Waals surface area contributed by atoms with Gasteiger partial charge in [-0.3, -0.25) is 29.0 Å². The largest absolute Gasteiger partial charge is 0.490 e. The molecule has 2 aromatic heterocycles. The minimum absolute atomic E-state index is 0.0647. The number of hydrogen-bond acceptors (Lipinski definition) is 12. The Hall–Kier alpha value is -1.85. The molecule has 22 heteroatoms. The lowest BCUT2D eigenvalue weighted by atomic mass is 10.2. The fourth-order valence-electron chi connectivity index (χ4n) is 2.91. The van der Waals surface area contributed by atoms with Crippen molar-refractivity contribution in [2.75, 3.05) is 11.9 Å². The van der Waals surface area contributed by atoms with Crippen molar-refractivity contribution in [1.82, 2.24) is 19.5 Å². The lowest BCUT2D eigenvalue weighted by Gasteiger charge is -2.19. The molecule has 2 aromatic rings. The molecule has 0 spiro atoms. The Balaban J connectivity index is 1.71. The molecule has 0 radical (unpaired) electrons. The van der Waals surface area contributed by atoms with E-state index >= 15 is 0 Å². The van der Waals surface area contributed by atoms with Gasteiger partial charge in [-0.15, -0.1) is 0 Å². The molecule has 0 aromatic carbocycles. The zero-order valence-electron chi connectivity index (χ0n) is 16.8. The molecule has 34 heavy (non-hydrogen) atoms. The van der Waals surface area contributed by atoms with Crippen LogP contribution in [0.4, 0.5) is 5.95 Å². The number of hydrogen-bond donors (Lipinski definition) is 7. The topological polar surface area (TPSA) is 282 Å². The number of fused-ring (bicyclic) bond motifs is 1. The zero-order chi connectivity index (χ0) is 25.5. The van der Waals surface area contributed by atoms with Gasteiger partial charge in [0, 0.05) is 13.3 Å². The number of aromatic nitrogens is 4. The maximum Gasteiger partial charge on any atom is 0.490 e. The Morgan fingerprint density at radius 2 is 1.94 bits per heavy atom. The van der Waals surface area contributed by atoms with E-state index in [1.54, 1.807) is 0 Å². The molecule has 1 saturated heterocycles. The van der Waals surface area contributed by atoms with Crippen LogP contribution < -0.4 is 10.9 Å². The first-order chi connectivity index (χ1) is 15.6. The van der Waals surface area contributed by atoms with Crippen LogP contribution in [-0.4, -0.2) is 68.9 Å². The quantitative estimate of drug-likeness (QED) is 0.186. The number of rotatable bonds is 9. The third-order valence-corrected chi connectivity index (χ3v) is 7.81. The standard InChI is InChI=1S/C12H18N5O14P3/c1-5(18)14-12-15-9-8(10(20)16-12)13-4-17(9)11-7(19)2-6(29-11)3-28-33(24,25)31-34(26,27)30-32(21,22)23/h4,6-7,11,19H,2-3H2,1H3,(H,24,25)(H,26,27)(H2,21,22,23)(H2,14,15,16,18,20)/t6-,7+,11+/m0/s1. The molecule has 1 aliphatic rings. The highest BCUT2D eigenvalue weighted by Crippen LogP contribution is 2.66. The van der Waals surface area contributed by atoms with Gasteiger partial charge in [-0.2, -0.15) is 13.6 Å². The molecular weight excluding hydrogens is 531 g/mol. The summed E-state index contributed by atoms with van der Waals surface area (Å²) in [5.41, 5.74) is -0.893. The number of carbonyl (C=O) groups is 1. The van der Waals surface area contributed by atoms with Gasteiger partial charge in [0.25, 0.3) is 5.56 Å². The first-order valence-corrected chi connectivity index (χ1v) is 13.4. The number of nitrogens with one attached hydrogen (secondary N) is 2. The molecular formula is C12H18N5O14P3. The van der Waals surface area contributed by atoms with Gasteiger partial charge in [0.1, 0.15) is 6.10 Å². The second-order valence-electron chi connectivity index (χ2n) is 6.76. The lowest BCUT2D eigenvalue weighted by molar-refractivity contribution is -0.114. The molecule has 19 nitrogen and oxygen atoms in total. The molecule has 0 bridgehead atoms. The van der Waals surface area contributed by atoms with Crippen molar-refractivity contribution >= 4 is 46.5 Å². The number of nitrogens with zero attached hydrogens (tertiary/aromatic N) is 3. The number of H-pyrrole nitrogens is 1. The number of anilines is 1. The summed E-state index contributed by atoms with van der Waals surface area (Å²) in [4.78, 5) is 69.3. The van der Waals surface area contributed by atoms with E-state index in [0.29, 0.717) is 0 Å². The first kappa shape index (κ1) is 26.7. The molecule has 3 heterocycles. The Bertz CT molecular complexity index is 1290. The number of phosphoric ester groups is 1. The van der Waals surface area contributed by atoms with E-state index < -0.39 is 60.0 Å². The smallest absolute Gasteiger partial charge is 0.388 e. The van der Waals surface area contributed by atoms with Gasteiger partial charge in [0.05, 0.1) is 19.0 Å². The summed E-state index contributed by atoms with van der Waals surface area (Å²) < 4.78 is 52.2. The SMILES string of the molecule is CC(=O)Nc1nc2c(ncn2[C@@H]2O[C@H](COP(=O)(O)OP(=O)(O)OP(=O)(O)O)C[C@H]2O)c(=O)[nH]1. The fraction of sp³-hybridized carbons (Fsp3) is 0.500. The summed E-state index contributed by atoms with van der Waals surface area (Å²) in [6.07, 6.45) is -2.64. The minimum atomic E-state index is -5.68. The highest BCUT2D eigenvalue weighted by atomic mass is 31.3. The number of ether oxygens (including phenoxy) is 1. The average molecular weight is 549 g/mol. The van der Waals surface area contributed by atoms with Crippen LogP contribution in [0.2, 0.25) is 0 Å². The summed E-state index contributed by atoms with van der Waals surface area (Å²) in [6, 6.07) is 0. The average Bonchev–Trinajstić information content (AvgIpc) is 3.19. The molecule has 1 amide bonds. The van der Waals surface area contributed by atoms with E-state index in [1.165, 1.54) is 11.5 Å². The fourth-order valence-corrected chi connectivity index (χ4v) is 5.96. The zero-order valence-corrected chi connectivity index (χ0v) is 19.5. The Morgan fingerprint density at radius 1 is 1.26 bits per heavy atom. The highest BCUT2D eigenvalue weighted by Gasteiger charge is 2.42. The summed E-state index contributed by atoms with van der Waals surface area (Å²) >= 11 is 0. The molecule has 7 N–H and O–H groups in total. The summed E-state index contributed by atoms with van der Waals surface area (Å²) in [6.45, 7) is 0.405. The number of carbonyl (C=O) groups excluding carboxylic acids is 1. The van der Waals surface area contributed by atoms with Crippen LogP contribution in [0.15, 0.2) is 11.1 Å². The minimum Gasteiger partial charge on any atom is -0.388 e. The van der Waals surface area contributed by atoms with Gasteiger partial charge in [-0.1, -0.05) is 0 Å². The molecule has 0 aliphatic carbocycles. The second-order valence-corrected chi connectivity index (χ2v) is 11.2. The Labute approximate surface area is 188 Å².